The third-order valence-electron chi connectivity index (χ3n) is 3.44. The summed E-state index contributed by atoms with van der Waals surface area (Å²) in [6, 6.07) is 5.44. The lowest BCUT2D eigenvalue weighted by atomic mass is 10.2. The van der Waals surface area contributed by atoms with Crippen LogP contribution >= 0.6 is 0 Å². The number of carbonyl (C=O) groups excluding carboxylic acids is 2. The minimum atomic E-state index is -0.693. The smallest absolute Gasteiger partial charge is 0.326 e. The molecule has 0 N–H and O–H groups in total. The number of non-ortho nitro benzene ring substituents is 1. The van der Waals surface area contributed by atoms with Crippen molar-refractivity contribution in [3.8, 4) is 5.75 Å². The van der Waals surface area contributed by atoms with E-state index in [1.165, 1.54) is 18.2 Å². The summed E-state index contributed by atoms with van der Waals surface area (Å²) < 4.78 is 15.2. The summed E-state index contributed by atoms with van der Waals surface area (Å²) >= 11 is 0. The molecule has 0 atom stereocenters. The Balaban J connectivity index is 1.73. The summed E-state index contributed by atoms with van der Waals surface area (Å²) in [7, 11) is 0. The molecule has 0 unspecified atom stereocenters. The highest BCUT2D eigenvalue weighted by atomic mass is 16.6. The third kappa shape index (κ3) is 3.57. The minimum Gasteiger partial charge on any atom is -0.482 e. The summed E-state index contributed by atoms with van der Waals surface area (Å²) in [6.07, 6.45) is 0. The fourth-order valence-corrected chi connectivity index (χ4v) is 2.29. The average molecular weight is 347 g/mol. The number of nitro benzene ring substituents is 1. The fourth-order valence-electron chi connectivity index (χ4n) is 2.29. The first-order valence-electron chi connectivity index (χ1n) is 7.23. The Morgan fingerprint density at radius 2 is 2.24 bits per heavy atom. The van der Waals surface area contributed by atoms with Crippen molar-refractivity contribution >= 4 is 23.3 Å². The van der Waals surface area contributed by atoms with Crippen molar-refractivity contribution in [2.24, 2.45) is 0 Å². The normalized spacial score (nSPS) is 13.2. The van der Waals surface area contributed by atoms with E-state index in [1.54, 1.807) is 13.0 Å². The molecule has 1 aliphatic rings. The lowest BCUT2D eigenvalue weighted by Gasteiger charge is -2.28. The molecule has 0 bridgehead atoms. The van der Waals surface area contributed by atoms with Crippen molar-refractivity contribution in [3.63, 3.8) is 0 Å². The Kier molecular flexibility index (Phi) is 4.33. The maximum atomic E-state index is 12.0. The molecule has 10 heteroatoms. The van der Waals surface area contributed by atoms with Crippen LogP contribution in [0.3, 0.4) is 0 Å². The van der Waals surface area contributed by atoms with Crippen LogP contribution in [0.15, 0.2) is 28.8 Å². The maximum absolute atomic E-state index is 12.0. The van der Waals surface area contributed by atoms with Crippen LogP contribution in [0, 0.1) is 17.0 Å². The quantitative estimate of drug-likeness (QED) is 0.451. The van der Waals surface area contributed by atoms with Gasteiger partial charge in [0.25, 0.3) is 11.6 Å². The second kappa shape index (κ2) is 6.59. The standard InChI is InChI=1S/C15H13N3O7/c1-9-4-11(25-16-9)7-24-15(20)6-17-12-5-10(18(21)22)2-3-13(12)23-8-14(17)19/h2-5H,6-8H2,1H3. The number of anilines is 1. The second-order valence-electron chi connectivity index (χ2n) is 5.27. The number of nitrogens with zero attached hydrogens (tertiary/aromatic N) is 3. The van der Waals surface area contributed by atoms with Crippen LogP contribution in [0.2, 0.25) is 0 Å². The molecule has 2 heterocycles. The van der Waals surface area contributed by atoms with Gasteiger partial charge in [0.1, 0.15) is 12.3 Å². The summed E-state index contributed by atoms with van der Waals surface area (Å²) in [5, 5.41) is 14.6. The van der Waals surface area contributed by atoms with Crippen molar-refractivity contribution in [2.75, 3.05) is 18.1 Å². The van der Waals surface area contributed by atoms with Crippen LogP contribution in [-0.4, -0.2) is 35.1 Å². The van der Waals surface area contributed by atoms with Crippen molar-refractivity contribution < 1.29 is 28.5 Å². The van der Waals surface area contributed by atoms with Gasteiger partial charge in [-0.15, -0.1) is 0 Å². The van der Waals surface area contributed by atoms with Crippen LogP contribution in [0.25, 0.3) is 0 Å². The van der Waals surface area contributed by atoms with Gasteiger partial charge in [0.05, 0.1) is 16.3 Å². The SMILES string of the molecule is Cc1cc(COC(=O)CN2C(=O)COc3ccc([N+](=O)[O-])cc32)on1. The van der Waals surface area contributed by atoms with E-state index in [0.29, 0.717) is 11.5 Å². The molecule has 10 nitrogen and oxygen atoms in total. The number of aromatic nitrogens is 1. The molecular weight excluding hydrogens is 334 g/mol. The average Bonchev–Trinajstić information content (AvgIpc) is 3.00. The molecule has 0 saturated heterocycles. The molecule has 1 aliphatic heterocycles. The zero-order chi connectivity index (χ0) is 18.0. The van der Waals surface area contributed by atoms with Gasteiger partial charge in [-0.05, 0) is 13.0 Å². The minimum absolute atomic E-state index is 0.125. The van der Waals surface area contributed by atoms with E-state index in [9.17, 15) is 19.7 Å². The zero-order valence-corrected chi connectivity index (χ0v) is 13.1. The molecule has 0 aliphatic carbocycles. The number of amides is 1. The van der Waals surface area contributed by atoms with E-state index in [-0.39, 0.29) is 30.3 Å². The molecule has 3 rings (SSSR count). The monoisotopic (exact) mass is 347 g/mol. The van der Waals surface area contributed by atoms with Gasteiger partial charge in [-0.3, -0.25) is 24.6 Å². The molecule has 0 saturated carbocycles. The number of rotatable bonds is 5. The number of aryl methyl sites for hydroxylation is 1. The summed E-state index contributed by atoms with van der Waals surface area (Å²) in [4.78, 5) is 35.5. The highest BCUT2D eigenvalue weighted by Crippen LogP contribution is 2.35. The molecule has 1 aromatic carbocycles. The van der Waals surface area contributed by atoms with Crippen molar-refractivity contribution in [1.82, 2.24) is 5.16 Å². The van der Waals surface area contributed by atoms with E-state index in [1.807, 2.05) is 0 Å². The van der Waals surface area contributed by atoms with Crippen molar-refractivity contribution in [1.29, 1.82) is 0 Å². The number of hydrogen-bond donors (Lipinski definition) is 0. The van der Waals surface area contributed by atoms with E-state index in [0.717, 1.165) is 4.90 Å². The van der Waals surface area contributed by atoms with Crippen molar-refractivity contribution in [3.05, 3.63) is 45.8 Å². The first kappa shape index (κ1) is 16.4. The third-order valence-corrected chi connectivity index (χ3v) is 3.44. The first-order valence-corrected chi connectivity index (χ1v) is 7.23. The van der Waals surface area contributed by atoms with Crippen LogP contribution < -0.4 is 9.64 Å². The highest BCUT2D eigenvalue weighted by Gasteiger charge is 2.29. The zero-order valence-electron chi connectivity index (χ0n) is 13.1. The summed E-state index contributed by atoms with van der Waals surface area (Å²) in [6.45, 7) is 0.938. The molecule has 0 fully saturated rings. The fraction of sp³-hybridized carbons (Fsp3) is 0.267. The number of esters is 1. The van der Waals surface area contributed by atoms with E-state index < -0.39 is 23.3 Å². The van der Waals surface area contributed by atoms with Gasteiger partial charge in [0.15, 0.2) is 19.0 Å². The van der Waals surface area contributed by atoms with Gasteiger partial charge >= 0.3 is 5.97 Å². The molecule has 1 aromatic heterocycles. The molecular formula is C15H13N3O7. The van der Waals surface area contributed by atoms with Crippen LogP contribution in [0.1, 0.15) is 11.5 Å². The predicted molar refractivity (Wildman–Crippen MR) is 82.0 cm³/mol. The lowest BCUT2D eigenvalue weighted by Crippen LogP contribution is -2.42. The van der Waals surface area contributed by atoms with Gasteiger partial charge < -0.3 is 14.0 Å². The Bertz CT molecular complexity index is 845. The van der Waals surface area contributed by atoms with Gasteiger partial charge in [0.2, 0.25) is 0 Å². The first-order chi connectivity index (χ1) is 11.9. The van der Waals surface area contributed by atoms with E-state index >= 15 is 0 Å². The van der Waals surface area contributed by atoms with Crippen LogP contribution in [-0.2, 0) is 20.9 Å². The maximum Gasteiger partial charge on any atom is 0.326 e. The molecule has 0 radical (unpaired) electrons. The van der Waals surface area contributed by atoms with Gasteiger partial charge in [-0.1, -0.05) is 5.16 Å². The molecule has 130 valence electrons. The van der Waals surface area contributed by atoms with Crippen molar-refractivity contribution in [2.45, 2.75) is 13.5 Å². The van der Waals surface area contributed by atoms with Gasteiger partial charge in [-0.2, -0.15) is 0 Å². The Morgan fingerprint density at radius 3 is 2.92 bits per heavy atom. The number of carbonyl (C=O) groups is 2. The van der Waals surface area contributed by atoms with Crippen LogP contribution in [0.5, 0.6) is 5.75 Å². The topological polar surface area (TPSA) is 125 Å². The van der Waals surface area contributed by atoms with Crippen LogP contribution in [0.4, 0.5) is 11.4 Å². The lowest BCUT2D eigenvalue weighted by molar-refractivity contribution is -0.384. The Hall–Kier alpha value is -3.43. The Morgan fingerprint density at radius 1 is 1.44 bits per heavy atom. The number of benzene rings is 1. The highest BCUT2D eigenvalue weighted by molar-refractivity contribution is 6.01. The largest absolute Gasteiger partial charge is 0.482 e. The Labute approximate surface area is 141 Å². The number of fused-ring (bicyclic) bond motifs is 1. The van der Waals surface area contributed by atoms with Gasteiger partial charge in [-0.25, -0.2) is 0 Å². The molecule has 1 amide bonds. The summed E-state index contributed by atoms with van der Waals surface area (Å²) in [5.74, 6) is -0.540. The van der Waals surface area contributed by atoms with Gasteiger partial charge in [0, 0.05) is 18.2 Å². The number of hydrogen-bond acceptors (Lipinski definition) is 8. The molecule has 25 heavy (non-hydrogen) atoms. The summed E-state index contributed by atoms with van der Waals surface area (Å²) in [5.41, 5.74) is 0.584. The van der Waals surface area contributed by atoms with E-state index in [2.05, 4.69) is 5.16 Å². The number of nitro groups is 1. The van der Waals surface area contributed by atoms with E-state index in [4.69, 9.17) is 14.0 Å². The predicted octanol–water partition coefficient (Wildman–Crippen LogP) is 1.36. The molecule has 0 spiro atoms. The molecule has 2 aromatic rings. The second-order valence-corrected chi connectivity index (χ2v) is 5.27. The number of ether oxygens (including phenoxy) is 2.